The van der Waals surface area contributed by atoms with Crippen LogP contribution >= 0.6 is 0 Å². The molecule has 0 unspecified atom stereocenters. The molecular formula is C13H15N3O. The number of carbonyl (C=O) groups excluding carboxylic acids is 1. The average molecular weight is 229 g/mol. The molecule has 1 aromatic carbocycles. The zero-order valence-electron chi connectivity index (χ0n) is 9.81. The van der Waals surface area contributed by atoms with Crippen molar-refractivity contribution < 1.29 is 4.79 Å². The van der Waals surface area contributed by atoms with Crippen molar-refractivity contribution in [1.82, 2.24) is 5.32 Å². The van der Waals surface area contributed by atoms with Crippen molar-refractivity contribution >= 4 is 11.6 Å². The SMILES string of the molecule is C=CCNC(=O)CN(C)c1ccc(C#N)cc1. The van der Waals surface area contributed by atoms with Crippen molar-refractivity contribution in [3.63, 3.8) is 0 Å². The average Bonchev–Trinajstić information content (AvgIpc) is 2.36. The molecule has 0 heterocycles. The van der Waals surface area contributed by atoms with Crippen LogP contribution in [0.1, 0.15) is 5.56 Å². The maximum absolute atomic E-state index is 11.5. The molecule has 0 fully saturated rings. The normalized spacial score (nSPS) is 9.18. The Hall–Kier alpha value is -2.28. The van der Waals surface area contributed by atoms with Gasteiger partial charge in [-0.2, -0.15) is 5.26 Å². The Kier molecular flexibility index (Phi) is 4.77. The third-order valence-corrected chi connectivity index (χ3v) is 2.26. The summed E-state index contributed by atoms with van der Waals surface area (Å²) in [5, 5.41) is 11.4. The smallest absolute Gasteiger partial charge is 0.239 e. The molecule has 1 amide bonds. The van der Waals surface area contributed by atoms with Crippen molar-refractivity contribution in [2.75, 3.05) is 25.0 Å². The predicted molar refractivity (Wildman–Crippen MR) is 67.6 cm³/mol. The summed E-state index contributed by atoms with van der Waals surface area (Å²) in [6, 6.07) is 9.15. The highest BCUT2D eigenvalue weighted by atomic mass is 16.2. The molecule has 1 rings (SSSR count). The van der Waals surface area contributed by atoms with Crippen LogP contribution in [-0.4, -0.2) is 26.0 Å². The van der Waals surface area contributed by atoms with Crippen LogP contribution in [0, 0.1) is 11.3 Å². The molecule has 4 heteroatoms. The molecule has 88 valence electrons. The van der Waals surface area contributed by atoms with E-state index >= 15 is 0 Å². The van der Waals surface area contributed by atoms with Crippen molar-refractivity contribution in [2.45, 2.75) is 0 Å². The Labute approximate surface area is 101 Å². The Balaban J connectivity index is 2.57. The minimum atomic E-state index is -0.0586. The van der Waals surface area contributed by atoms with E-state index in [0.29, 0.717) is 12.1 Å². The third kappa shape index (κ3) is 3.99. The molecule has 0 aliphatic rings. The number of anilines is 1. The lowest BCUT2D eigenvalue weighted by Gasteiger charge is -2.18. The monoisotopic (exact) mass is 229 g/mol. The van der Waals surface area contributed by atoms with Gasteiger partial charge in [0.25, 0.3) is 0 Å². The van der Waals surface area contributed by atoms with Crippen LogP contribution in [0.25, 0.3) is 0 Å². The maximum Gasteiger partial charge on any atom is 0.239 e. The molecule has 0 saturated carbocycles. The molecule has 17 heavy (non-hydrogen) atoms. The maximum atomic E-state index is 11.5. The zero-order chi connectivity index (χ0) is 12.7. The highest BCUT2D eigenvalue weighted by Crippen LogP contribution is 2.12. The van der Waals surface area contributed by atoms with Gasteiger partial charge in [-0.3, -0.25) is 4.79 Å². The minimum Gasteiger partial charge on any atom is -0.365 e. The minimum absolute atomic E-state index is 0.0586. The number of hydrogen-bond donors (Lipinski definition) is 1. The molecule has 1 N–H and O–H groups in total. The molecule has 0 aliphatic carbocycles. The van der Waals surface area contributed by atoms with Gasteiger partial charge in [0.1, 0.15) is 0 Å². The van der Waals surface area contributed by atoms with Gasteiger partial charge in [0.2, 0.25) is 5.91 Å². The number of nitrogens with zero attached hydrogens (tertiary/aromatic N) is 2. The third-order valence-electron chi connectivity index (χ3n) is 2.26. The Morgan fingerprint density at radius 3 is 2.71 bits per heavy atom. The van der Waals surface area contributed by atoms with E-state index in [4.69, 9.17) is 5.26 Å². The molecule has 4 nitrogen and oxygen atoms in total. The van der Waals surface area contributed by atoms with Gasteiger partial charge in [-0.1, -0.05) is 6.08 Å². The molecule has 0 aromatic heterocycles. The van der Waals surface area contributed by atoms with Crippen LogP contribution in [0.15, 0.2) is 36.9 Å². The van der Waals surface area contributed by atoms with Gasteiger partial charge in [-0.25, -0.2) is 0 Å². The highest BCUT2D eigenvalue weighted by molar-refractivity contribution is 5.81. The van der Waals surface area contributed by atoms with E-state index in [1.165, 1.54) is 0 Å². The Morgan fingerprint density at radius 2 is 2.18 bits per heavy atom. The second kappa shape index (κ2) is 6.33. The fraction of sp³-hybridized carbons (Fsp3) is 0.231. The fourth-order valence-corrected chi connectivity index (χ4v) is 1.34. The van der Waals surface area contributed by atoms with Gasteiger partial charge >= 0.3 is 0 Å². The van der Waals surface area contributed by atoms with Gasteiger partial charge in [-0.05, 0) is 24.3 Å². The lowest BCUT2D eigenvalue weighted by atomic mass is 10.2. The topological polar surface area (TPSA) is 56.1 Å². The van der Waals surface area contributed by atoms with Crippen molar-refractivity contribution in [2.24, 2.45) is 0 Å². The summed E-state index contributed by atoms with van der Waals surface area (Å²) >= 11 is 0. The first-order valence-electron chi connectivity index (χ1n) is 5.26. The van der Waals surface area contributed by atoms with Gasteiger partial charge < -0.3 is 10.2 Å². The summed E-state index contributed by atoms with van der Waals surface area (Å²) in [5.74, 6) is -0.0586. The van der Waals surface area contributed by atoms with E-state index in [-0.39, 0.29) is 12.5 Å². The summed E-state index contributed by atoms with van der Waals surface area (Å²) in [7, 11) is 1.83. The van der Waals surface area contributed by atoms with E-state index in [9.17, 15) is 4.79 Å². The number of rotatable bonds is 5. The Morgan fingerprint density at radius 1 is 1.53 bits per heavy atom. The van der Waals surface area contributed by atoms with E-state index in [1.807, 2.05) is 24.1 Å². The summed E-state index contributed by atoms with van der Waals surface area (Å²) < 4.78 is 0. The van der Waals surface area contributed by atoms with Crippen molar-refractivity contribution in [3.05, 3.63) is 42.5 Å². The lowest BCUT2D eigenvalue weighted by Crippen LogP contribution is -2.35. The first-order valence-corrected chi connectivity index (χ1v) is 5.26. The van der Waals surface area contributed by atoms with Gasteiger partial charge in [-0.15, -0.1) is 6.58 Å². The summed E-state index contributed by atoms with van der Waals surface area (Å²) in [6.07, 6.45) is 1.64. The number of nitrogens with one attached hydrogen (secondary N) is 1. The van der Waals surface area contributed by atoms with Crippen LogP contribution < -0.4 is 10.2 Å². The Bertz CT molecular complexity index is 431. The van der Waals surface area contributed by atoms with Crippen LogP contribution in [0.2, 0.25) is 0 Å². The largest absolute Gasteiger partial charge is 0.365 e. The number of likely N-dealkylation sites (N-methyl/N-ethyl adjacent to an activating group) is 1. The lowest BCUT2D eigenvalue weighted by molar-refractivity contribution is -0.119. The van der Waals surface area contributed by atoms with E-state index < -0.39 is 0 Å². The van der Waals surface area contributed by atoms with Crippen LogP contribution in [-0.2, 0) is 4.79 Å². The van der Waals surface area contributed by atoms with Gasteiger partial charge in [0.15, 0.2) is 0 Å². The number of amides is 1. The first kappa shape index (κ1) is 12.8. The number of carbonyl (C=O) groups is 1. The number of benzene rings is 1. The quantitative estimate of drug-likeness (QED) is 0.774. The van der Waals surface area contributed by atoms with Crippen molar-refractivity contribution in [3.8, 4) is 6.07 Å². The number of hydrogen-bond acceptors (Lipinski definition) is 3. The molecular weight excluding hydrogens is 214 g/mol. The van der Waals surface area contributed by atoms with Crippen LogP contribution in [0.4, 0.5) is 5.69 Å². The molecule has 0 bridgehead atoms. The van der Waals surface area contributed by atoms with E-state index in [2.05, 4.69) is 18.0 Å². The van der Waals surface area contributed by atoms with E-state index in [0.717, 1.165) is 5.69 Å². The van der Waals surface area contributed by atoms with Gasteiger partial charge in [0, 0.05) is 19.3 Å². The van der Waals surface area contributed by atoms with Crippen molar-refractivity contribution in [1.29, 1.82) is 5.26 Å². The summed E-state index contributed by atoms with van der Waals surface area (Å²) in [4.78, 5) is 13.3. The summed E-state index contributed by atoms with van der Waals surface area (Å²) in [5.41, 5.74) is 1.51. The number of nitriles is 1. The molecule has 1 aromatic rings. The van der Waals surface area contributed by atoms with E-state index in [1.54, 1.807) is 18.2 Å². The van der Waals surface area contributed by atoms with Gasteiger partial charge in [0.05, 0.1) is 18.2 Å². The molecule has 0 aliphatic heterocycles. The predicted octanol–water partition coefficient (Wildman–Crippen LogP) is 1.30. The first-order chi connectivity index (χ1) is 8.17. The standard InChI is InChI=1S/C13H15N3O/c1-3-8-15-13(17)10-16(2)12-6-4-11(9-14)5-7-12/h3-7H,1,8,10H2,2H3,(H,15,17). The molecule has 0 saturated heterocycles. The summed E-state index contributed by atoms with van der Waals surface area (Å²) in [6.45, 7) is 4.28. The zero-order valence-corrected chi connectivity index (χ0v) is 9.81. The van der Waals surface area contributed by atoms with Crippen LogP contribution in [0.3, 0.4) is 0 Å². The molecule has 0 atom stereocenters. The second-order valence-corrected chi connectivity index (χ2v) is 3.61. The fourth-order valence-electron chi connectivity index (χ4n) is 1.34. The highest BCUT2D eigenvalue weighted by Gasteiger charge is 2.06. The van der Waals surface area contributed by atoms with Crippen LogP contribution in [0.5, 0.6) is 0 Å². The molecule has 0 spiro atoms. The second-order valence-electron chi connectivity index (χ2n) is 3.61. The molecule has 0 radical (unpaired) electrons.